The molecule has 0 bridgehead atoms. The van der Waals surface area contributed by atoms with Crippen molar-refractivity contribution in [2.24, 2.45) is 0 Å². The minimum atomic E-state index is -0.190. The number of benzene rings is 2. The quantitative estimate of drug-likeness (QED) is 0.434. The number of nitrogens with one attached hydrogen (secondary N) is 1. The molecular weight excluding hydrogens is 458 g/mol. The Hall–Kier alpha value is -2.91. The van der Waals surface area contributed by atoms with Gasteiger partial charge in [0, 0.05) is 23.4 Å². The predicted octanol–water partition coefficient (Wildman–Crippen LogP) is 4.08. The Morgan fingerprint density at radius 1 is 1.18 bits per heavy atom. The molecule has 0 spiro atoms. The molecule has 170 valence electrons. The molecule has 0 fully saturated rings. The van der Waals surface area contributed by atoms with Gasteiger partial charge in [-0.25, -0.2) is 4.98 Å². The Kier molecular flexibility index (Phi) is 6.07. The third-order valence-electron chi connectivity index (χ3n) is 5.33. The van der Waals surface area contributed by atoms with Crippen LogP contribution < -0.4 is 20.3 Å². The molecule has 0 saturated carbocycles. The first-order chi connectivity index (χ1) is 16.0. The molecule has 1 N–H and O–H groups in total. The molecule has 1 unspecified atom stereocenters. The Labute approximate surface area is 199 Å². The van der Waals surface area contributed by atoms with Gasteiger partial charge in [-0.15, -0.1) is 11.8 Å². The lowest BCUT2D eigenvalue weighted by Crippen LogP contribution is -2.24. The zero-order valence-electron chi connectivity index (χ0n) is 18.3. The number of amides is 1. The maximum absolute atomic E-state index is 13.3. The van der Waals surface area contributed by atoms with Crippen molar-refractivity contribution >= 4 is 35.1 Å². The van der Waals surface area contributed by atoms with Crippen molar-refractivity contribution in [2.45, 2.75) is 35.6 Å². The molecule has 3 heterocycles. The zero-order chi connectivity index (χ0) is 22.9. The van der Waals surface area contributed by atoms with Gasteiger partial charge in [0.15, 0.2) is 16.7 Å². The first-order valence-electron chi connectivity index (χ1n) is 10.7. The van der Waals surface area contributed by atoms with E-state index in [1.807, 2.05) is 31.2 Å². The Morgan fingerprint density at radius 2 is 1.94 bits per heavy atom. The minimum Gasteiger partial charge on any atom is -0.486 e. The monoisotopic (exact) mass is 481 g/mol. The third kappa shape index (κ3) is 4.60. The maximum atomic E-state index is 13.3. The van der Waals surface area contributed by atoms with E-state index in [0.29, 0.717) is 45.7 Å². The summed E-state index contributed by atoms with van der Waals surface area (Å²) in [6, 6.07) is 13.1. The molecule has 1 amide bonds. The van der Waals surface area contributed by atoms with E-state index in [9.17, 15) is 9.59 Å². The highest BCUT2D eigenvalue weighted by atomic mass is 32.2. The highest BCUT2D eigenvalue weighted by Crippen LogP contribution is 2.35. The minimum absolute atomic E-state index is 0.0760. The largest absolute Gasteiger partial charge is 0.486 e. The number of anilines is 1. The number of rotatable bonds is 5. The van der Waals surface area contributed by atoms with Gasteiger partial charge in [0.05, 0.1) is 22.0 Å². The molecule has 2 aliphatic rings. The topological polar surface area (TPSA) is 82.5 Å². The summed E-state index contributed by atoms with van der Waals surface area (Å²) in [5.41, 5.74) is 3.23. The van der Waals surface area contributed by atoms with Crippen LogP contribution in [0.4, 0.5) is 5.69 Å². The van der Waals surface area contributed by atoms with E-state index in [1.54, 1.807) is 34.5 Å². The van der Waals surface area contributed by atoms with Crippen molar-refractivity contribution in [2.75, 3.05) is 24.3 Å². The molecule has 2 aliphatic heterocycles. The summed E-state index contributed by atoms with van der Waals surface area (Å²) in [5, 5.41) is 3.72. The third-order valence-corrected chi connectivity index (χ3v) is 7.49. The van der Waals surface area contributed by atoms with Crippen molar-refractivity contribution in [3.05, 3.63) is 64.1 Å². The zero-order valence-corrected chi connectivity index (χ0v) is 19.9. The van der Waals surface area contributed by atoms with Gasteiger partial charge < -0.3 is 14.8 Å². The number of hydrogen-bond donors (Lipinski definition) is 1. The van der Waals surface area contributed by atoms with Gasteiger partial charge in [0.25, 0.3) is 5.56 Å². The highest BCUT2D eigenvalue weighted by molar-refractivity contribution is 8.00. The predicted molar refractivity (Wildman–Crippen MR) is 130 cm³/mol. The molecular formula is C24H23N3O4S2. The summed E-state index contributed by atoms with van der Waals surface area (Å²) in [6.45, 7) is 5.10. The number of carbonyl (C=O) groups excluding carboxylic acids is 1. The summed E-state index contributed by atoms with van der Waals surface area (Å²) in [4.78, 5) is 31.5. The van der Waals surface area contributed by atoms with Crippen LogP contribution in [0, 0.1) is 6.92 Å². The van der Waals surface area contributed by atoms with Gasteiger partial charge in [-0.2, -0.15) is 0 Å². The summed E-state index contributed by atoms with van der Waals surface area (Å²) < 4.78 is 12.7. The number of hydrogen-bond acceptors (Lipinski definition) is 7. The van der Waals surface area contributed by atoms with E-state index >= 15 is 0 Å². The van der Waals surface area contributed by atoms with Crippen molar-refractivity contribution < 1.29 is 14.3 Å². The number of fused-ring (bicyclic) bond motifs is 2. The van der Waals surface area contributed by atoms with E-state index in [4.69, 9.17) is 14.5 Å². The number of thioether (sulfide) groups is 2. The van der Waals surface area contributed by atoms with E-state index in [-0.39, 0.29) is 17.2 Å². The van der Waals surface area contributed by atoms with Gasteiger partial charge in [-0.05, 0) is 31.2 Å². The molecule has 5 rings (SSSR count). The number of carbonyl (C=O) groups is 1. The van der Waals surface area contributed by atoms with Crippen LogP contribution in [-0.4, -0.2) is 39.7 Å². The van der Waals surface area contributed by atoms with Crippen molar-refractivity contribution in [1.82, 2.24) is 9.55 Å². The number of nitrogens with zero attached hydrogens (tertiary/aromatic N) is 2. The fourth-order valence-electron chi connectivity index (χ4n) is 3.77. The van der Waals surface area contributed by atoms with E-state index < -0.39 is 0 Å². The van der Waals surface area contributed by atoms with Crippen molar-refractivity contribution in [3.8, 4) is 17.2 Å². The van der Waals surface area contributed by atoms with Crippen molar-refractivity contribution in [3.63, 3.8) is 0 Å². The number of aromatic nitrogens is 2. The van der Waals surface area contributed by atoms with Crippen LogP contribution in [0.25, 0.3) is 5.69 Å². The molecule has 1 atom stereocenters. The van der Waals surface area contributed by atoms with E-state index in [0.717, 1.165) is 23.4 Å². The Morgan fingerprint density at radius 3 is 2.73 bits per heavy atom. The van der Waals surface area contributed by atoms with E-state index in [1.165, 1.54) is 11.8 Å². The summed E-state index contributed by atoms with van der Waals surface area (Å²) in [7, 11) is 0. The number of aryl methyl sites for hydroxylation is 1. The van der Waals surface area contributed by atoms with Crippen LogP contribution in [0.2, 0.25) is 0 Å². The summed E-state index contributed by atoms with van der Waals surface area (Å²) in [6.07, 6.45) is 0.751. The maximum Gasteiger partial charge on any atom is 0.272 e. The molecule has 0 saturated heterocycles. The summed E-state index contributed by atoms with van der Waals surface area (Å²) in [5.74, 6) is 1.22. The van der Waals surface area contributed by atoms with Gasteiger partial charge in [-0.3, -0.25) is 14.2 Å². The Bertz CT molecular complexity index is 1270. The van der Waals surface area contributed by atoms with Crippen LogP contribution in [-0.2, 0) is 11.2 Å². The fourth-order valence-corrected chi connectivity index (χ4v) is 5.69. The second-order valence-electron chi connectivity index (χ2n) is 7.97. The van der Waals surface area contributed by atoms with Crippen LogP contribution in [0.3, 0.4) is 0 Å². The molecule has 33 heavy (non-hydrogen) atoms. The van der Waals surface area contributed by atoms with Gasteiger partial charge in [0.2, 0.25) is 5.91 Å². The smallest absolute Gasteiger partial charge is 0.272 e. The lowest BCUT2D eigenvalue weighted by molar-refractivity contribution is -0.113. The SMILES string of the molecule is Cc1ccc(-n2c(SCC(=O)Nc3ccc4c(c3)OCCO4)nc3c(c2=O)SC(C)C3)cc1. The average Bonchev–Trinajstić information content (AvgIpc) is 3.19. The van der Waals surface area contributed by atoms with Gasteiger partial charge in [0.1, 0.15) is 13.2 Å². The first-order valence-corrected chi connectivity index (χ1v) is 12.6. The van der Waals surface area contributed by atoms with Crippen LogP contribution in [0.5, 0.6) is 11.5 Å². The van der Waals surface area contributed by atoms with E-state index in [2.05, 4.69) is 12.2 Å². The van der Waals surface area contributed by atoms with Crippen LogP contribution >= 0.6 is 23.5 Å². The number of ether oxygens (including phenoxy) is 2. The standard InChI is InChI=1S/C24H23N3O4S2/c1-14-3-6-17(7-4-14)27-23(29)22-18(11-15(2)33-22)26-24(27)32-13-21(28)25-16-5-8-19-20(12-16)31-10-9-30-19/h3-8,12,15H,9-11,13H2,1-2H3,(H,25,28). The van der Waals surface area contributed by atoms with Crippen LogP contribution in [0.15, 0.2) is 57.3 Å². The van der Waals surface area contributed by atoms with Crippen molar-refractivity contribution in [1.29, 1.82) is 0 Å². The lowest BCUT2D eigenvalue weighted by atomic mass is 10.2. The first kappa shape index (κ1) is 21.9. The second-order valence-corrected chi connectivity index (χ2v) is 10.4. The highest BCUT2D eigenvalue weighted by Gasteiger charge is 2.27. The van der Waals surface area contributed by atoms with Gasteiger partial charge in [-0.1, -0.05) is 36.4 Å². The summed E-state index contributed by atoms with van der Waals surface area (Å²) >= 11 is 2.83. The van der Waals surface area contributed by atoms with Crippen LogP contribution in [0.1, 0.15) is 18.2 Å². The Balaban J connectivity index is 1.38. The molecule has 3 aromatic rings. The molecule has 2 aromatic carbocycles. The lowest BCUT2D eigenvalue weighted by Gasteiger charge is -2.19. The molecule has 9 heteroatoms. The normalized spacial score (nSPS) is 16.4. The molecule has 0 aliphatic carbocycles. The molecule has 0 radical (unpaired) electrons. The average molecular weight is 482 g/mol. The molecule has 7 nitrogen and oxygen atoms in total. The fraction of sp³-hybridized carbons (Fsp3) is 0.292. The van der Waals surface area contributed by atoms with Gasteiger partial charge >= 0.3 is 0 Å². The molecule has 1 aromatic heterocycles. The second kappa shape index (κ2) is 9.15.